The zero-order valence-corrected chi connectivity index (χ0v) is 13.3. The zero-order valence-electron chi connectivity index (χ0n) is 12.5. The summed E-state index contributed by atoms with van der Waals surface area (Å²) in [5.74, 6) is 0. The van der Waals surface area contributed by atoms with Crippen molar-refractivity contribution in [3.05, 3.63) is 24.3 Å². The first-order valence-electron chi connectivity index (χ1n) is 7.58. The van der Waals surface area contributed by atoms with Crippen molar-refractivity contribution in [2.75, 3.05) is 11.9 Å². The average molecular weight is 311 g/mol. The number of sulfonamides is 1. The molecule has 2 unspecified atom stereocenters. The van der Waals surface area contributed by atoms with Crippen molar-refractivity contribution in [3.8, 4) is 0 Å². The van der Waals surface area contributed by atoms with Crippen LogP contribution in [-0.4, -0.2) is 27.0 Å². The summed E-state index contributed by atoms with van der Waals surface area (Å²) < 4.78 is 22.7. The van der Waals surface area contributed by atoms with Crippen LogP contribution in [0.15, 0.2) is 29.2 Å². The van der Waals surface area contributed by atoms with Crippen LogP contribution in [0.5, 0.6) is 0 Å². The van der Waals surface area contributed by atoms with Crippen molar-refractivity contribution in [1.29, 1.82) is 0 Å². The van der Waals surface area contributed by atoms with Gasteiger partial charge in [-0.15, -0.1) is 0 Å². The highest BCUT2D eigenvalue weighted by Crippen LogP contribution is 2.18. The normalized spacial score (nSPS) is 21.5. The molecule has 0 aromatic heterocycles. The summed E-state index contributed by atoms with van der Waals surface area (Å²) in [6.45, 7) is 3.22. The molecule has 0 bridgehead atoms. The molecule has 2 rings (SSSR count). The maximum Gasteiger partial charge on any atom is 0.238 e. The van der Waals surface area contributed by atoms with Gasteiger partial charge in [0.25, 0.3) is 0 Å². The number of nitrogens with one attached hydrogen (secondary N) is 2. The van der Waals surface area contributed by atoms with Gasteiger partial charge < -0.3 is 10.6 Å². The molecule has 0 amide bonds. The summed E-state index contributed by atoms with van der Waals surface area (Å²) in [6.07, 6.45) is 6.09. The van der Waals surface area contributed by atoms with E-state index in [2.05, 4.69) is 17.6 Å². The predicted octanol–water partition coefficient (Wildman–Crippen LogP) is 2.06. The molecule has 0 spiro atoms. The molecular formula is C15H25N3O2S. The first-order chi connectivity index (χ1) is 9.95. The van der Waals surface area contributed by atoms with Gasteiger partial charge in [0.15, 0.2) is 0 Å². The Morgan fingerprint density at radius 2 is 2.19 bits per heavy atom. The Morgan fingerprint density at radius 3 is 2.95 bits per heavy atom. The molecule has 118 valence electrons. The van der Waals surface area contributed by atoms with Gasteiger partial charge in [-0.1, -0.05) is 18.9 Å². The Hall–Kier alpha value is -1.11. The van der Waals surface area contributed by atoms with Crippen molar-refractivity contribution in [2.45, 2.75) is 56.0 Å². The van der Waals surface area contributed by atoms with E-state index in [1.807, 2.05) is 6.07 Å². The van der Waals surface area contributed by atoms with Crippen LogP contribution < -0.4 is 15.8 Å². The third-order valence-electron chi connectivity index (χ3n) is 3.88. The second kappa shape index (κ2) is 7.24. The lowest BCUT2D eigenvalue weighted by Crippen LogP contribution is -2.33. The molecular weight excluding hydrogens is 286 g/mol. The van der Waals surface area contributed by atoms with E-state index in [4.69, 9.17) is 5.14 Å². The van der Waals surface area contributed by atoms with Crippen LogP contribution in [-0.2, 0) is 10.0 Å². The summed E-state index contributed by atoms with van der Waals surface area (Å²) in [5, 5.41) is 12.1. The fraction of sp³-hybridized carbons (Fsp3) is 0.600. The fourth-order valence-corrected chi connectivity index (χ4v) is 3.39. The smallest absolute Gasteiger partial charge is 0.238 e. The first-order valence-corrected chi connectivity index (χ1v) is 9.12. The van der Waals surface area contributed by atoms with Crippen LogP contribution in [0.3, 0.4) is 0 Å². The highest BCUT2D eigenvalue weighted by molar-refractivity contribution is 7.89. The molecule has 5 nitrogen and oxygen atoms in total. The van der Waals surface area contributed by atoms with Crippen LogP contribution >= 0.6 is 0 Å². The number of benzene rings is 1. The van der Waals surface area contributed by atoms with Gasteiger partial charge in [-0.3, -0.25) is 0 Å². The molecule has 0 radical (unpaired) electrons. The van der Waals surface area contributed by atoms with Gasteiger partial charge in [-0.25, -0.2) is 13.6 Å². The Kier molecular flexibility index (Phi) is 5.61. The van der Waals surface area contributed by atoms with E-state index in [9.17, 15) is 8.42 Å². The molecule has 1 heterocycles. The number of hydrogen-bond acceptors (Lipinski definition) is 4. The van der Waals surface area contributed by atoms with Crippen molar-refractivity contribution >= 4 is 15.7 Å². The molecule has 0 aliphatic carbocycles. The second-order valence-corrected chi connectivity index (χ2v) is 7.42. The van der Waals surface area contributed by atoms with Crippen molar-refractivity contribution < 1.29 is 8.42 Å². The summed E-state index contributed by atoms with van der Waals surface area (Å²) in [7, 11) is -3.65. The topological polar surface area (TPSA) is 84.2 Å². The van der Waals surface area contributed by atoms with E-state index < -0.39 is 10.0 Å². The molecule has 21 heavy (non-hydrogen) atoms. The van der Waals surface area contributed by atoms with Gasteiger partial charge in [0, 0.05) is 17.8 Å². The Balaban J connectivity index is 1.94. The maximum atomic E-state index is 11.4. The molecule has 4 N–H and O–H groups in total. The van der Waals surface area contributed by atoms with E-state index in [0.29, 0.717) is 6.04 Å². The highest BCUT2D eigenvalue weighted by atomic mass is 32.2. The molecule has 1 saturated heterocycles. The predicted molar refractivity (Wildman–Crippen MR) is 85.8 cm³/mol. The minimum Gasteiger partial charge on any atom is -0.382 e. The van der Waals surface area contributed by atoms with Gasteiger partial charge in [0.2, 0.25) is 10.0 Å². The molecule has 6 heteroatoms. The minimum absolute atomic E-state index is 0.146. The summed E-state index contributed by atoms with van der Waals surface area (Å²) in [5.41, 5.74) is 0.794. The van der Waals surface area contributed by atoms with Crippen LogP contribution in [0, 0.1) is 0 Å². The van der Waals surface area contributed by atoms with Gasteiger partial charge in [-0.2, -0.15) is 0 Å². The average Bonchev–Trinajstić information content (AvgIpc) is 2.66. The van der Waals surface area contributed by atoms with Crippen molar-refractivity contribution in [2.24, 2.45) is 5.14 Å². The van der Waals surface area contributed by atoms with Crippen LogP contribution in [0.1, 0.15) is 39.0 Å². The van der Waals surface area contributed by atoms with Crippen LogP contribution in [0.25, 0.3) is 0 Å². The molecule has 1 aromatic rings. The molecule has 1 aliphatic heterocycles. The van der Waals surface area contributed by atoms with Gasteiger partial charge in [0.1, 0.15) is 0 Å². The second-order valence-electron chi connectivity index (χ2n) is 5.85. The van der Waals surface area contributed by atoms with Gasteiger partial charge in [-0.05, 0) is 50.9 Å². The SMILES string of the molecule is CC(CC1CCCCCN1)Nc1cccc(S(N)(=O)=O)c1. The molecule has 1 fully saturated rings. The fourth-order valence-electron chi connectivity index (χ4n) is 2.84. The van der Waals surface area contributed by atoms with E-state index in [1.165, 1.54) is 31.7 Å². The van der Waals surface area contributed by atoms with Gasteiger partial charge in [0.05, 0.1) is 4.90 Å². The summed E-state index contributed by atoms with van der Waals surface area (Å²) in [4.78, 5) is 0.146. The monoisotopic (exact) mass is 311 g/mol. The zero-order chi connectivity index (χ0) is 15.3. The Labute approximate surface area is 127 Å². The van der Waals surface area contributed by atoms with Crippen molar-refractivity contribution in [3.63, 3.8) is 0 Å². The highest BCUT2D eigenvalue weighted by Gasteiger charge is 2.15. The number of rotatable bonds is 5. The molecule has 1 aromatic carbocycles. The first kappa shape index (κ1) is 16.3. The Bertz CT molecular complexity index is 552. The third kappa shape index (κ3) is 5.30. The van der Waals surface area contributed by atoms with E-state index in [0.717, 1.165) is 18.7 Å². The lowest BCUT2D eigenvalue weighted by atomic mass is 10.0. The minimum atomic E-state index is -3.65. The lowest BCUT2D eigenvalue weighted by Gasteiger charge is -2.22. The Morgan fingerprint density at radius 1 is 1.38 bits per heavy atom. The molecule has 2 atom stereocenters. The maximum absolute atomic E-state index is 11.4. The number of primary sulfonamides is 1. The van der Waals surface area contributed by atoms with E-state index in [1.54, 1.807) is 12.1 Å². The van der Waals surface area contributed by atoms with Crippen molar-refractivity contribution in [1.82, 2.24) is 5.32 Å². The lowest BCUT2D eigenvalue weighted by molar-refractivity contribution is 0.456. The number of hydrogen-bond donors (Lipinski definition) is 3. The van der Waals surface area contributed by atoms with Gasteiger partial charge >= 0.3 is 0 Å². The van der Waals surface area contributed by atoms with Crippen LogP contribution in [0.4, 0.5) is 5.69 Å². The molecule has 0 saturated carbocycles. The third-order valence-corrected chi connectivity index (χ3v) is 4.79. The molecule has 1 aliphatic rings. The quantitative estimate of drug-likeness (QED) is 0.777. The summed E-state index contributed by atoms with van der Waals surface area (Å²) >= 11 is 0. The van der Waals surface area contributed by atoms with Crippen LogP contribution in [0.2, 0.25) is 0 Å². The standard InChI is InChI=1S/C15H25N3O2S/c1-12(10-13-6-3-2-4-9-17-13)18-14-7-5-8-15(11-14)21(16,19)20/h5,7-8,11-13,17-18H,2-4,6,9-10H2,1H3,(H2,16,19,20). The number of anilines is 1. The van der Waals surface area contributed by atoms with E-state index in [-0.39, 0.29) is 10.9 Å². The van der Waals surface area contributed by atoms with E-state index >= 15 is 0 Å². The number of nitrogens with two attached hydrogens (primary N) is 1. The largest absolute Gasteiger partial charge is 0.382 e. The summed E-state index contributed by atoms with van der Waals surface area (Å²) in [6, 6.07) is 7.49.